The maximum atomic E-state index is 11.1. The molecule has 0 bridgehead atoms. The van der Waals surface area contributed by atoms with Crippen LogP contribution in [0.5, 0.6) is 5.75 Å². The van der Waals surface area contributed by atoms with Gasteiger partial charge in [0.2, 0.25) is 0 Å². The summed E-state index contributed by atoms with van der Waals surface area (Å²) in [6.07, 6.45) is -0.369. The summed E-state index contributed by atoms with van der Waals surface area (Å²) in [5, 5.41) is 12.3. The Morgan fingerprint density at radius 2 is 2.16 bits per heavy atom. The molecule has 1 atom stereocenters. The van der Waals surface area contributed by atoms with Crippen LogP contribution < -0.4 is 10.1 Å². The maximum absolute atomic E-state index is 11.1. The smallest absolute Gasteiger partial charge is 0.344 e. The standard InChI is InChI=1S/C14H20BrNO3/c1-4-12(14(17)18)19-13-9(3)6-11(15)7-10(13)8-16-5-2/h6-7,12,16H,4-5,8H2,1-3H3,(H,17,18). The van der Waals surface area contributed by atoms with Crippen LogP contribution in [0.4, 0.5) is 0 Å². The lowest BCUT2D eigenvalue weighted by Gasteiger charge is -2.19. The van der Waals surface area contributed by atoms with Crippen LogP contribution in [0, 0.1) is 6.92 Å². The highest BCUT2D eigenvalue weighted by Gasteiger charge is 2.20. The minimum atomic E-state index is -0.931. The van der Waals surface area contributed by atoms with Crippen LogP contribution in [0.25, 0.3) is 0 Å². The second kappa shape index (κ2) is 7.50. The Morgan fingerprint density at radius 3 is 2.68 bits per heavy atom. The Labute approximate surface area is 122 Å². The highest BCUT2D eigenvalue weighted by atomic mass is 79.9. The Morgan fingerprint density at radius 1 is 1.47 bits per heavy atom. The van der Waals surface area contributed by atoms with Gasteiger partial charge >= 0.3 is 5.97 Å². The van der Waals surface area contributed by atoms with E-state index >= 15 is 0 Å². The Bertz CT molecular complexity index is 449. The molecular formula is C14H20BrNO3. The minimum Gasteiger partial charge on any atom is -0.479 e. The molecule has 2 N–H and O–H groups in total. The van der Waals surface area contributed by atoms with E-state index in [1.54, 1.807) is 6.92 Å². The van der Waals surface area contributed by atoms with Crippen molar-refractivity contribution in [2.24, 2.45) is 0 Å². The number of carboxylic acids is 1. The lowest BCUT2D eigenvalue weighted by molar-refractivity contribution is -0.145. The first kappa shape index (κ1) is 16.0. The number of carbonyl (C=O) groups is 1. The average molecular weight is 330 g/mol. The Hall–Kier alpha value is -1.07. The molecule has 0 radical (unpaired) electrons. The van der Waals surface area contributed by atoms with Crippen molar-refractivity contribution in [1.29, 1.82) is 0 Å². The van der Waals surface area contributed by atoms with Gasteiger partial charge in [-0.25, -0.2) is 4.79 Å². The van der Waals surface area contributed by atoms with Gasteiger partial charge in [0.15, 0.2) is 6.10 Å². The van der Waals surface area contributed by atoms with Crippen LogP contribution in [-0.4, -0.2) is 23.7 Å². The number of aliphatic carboxylic acids is 1. The first-order valence-electron chi connectivity index (χ1n) is 6.38. The van der Waals surface area contributed by atoms with Crippen molar-refractivity contribution in [1.82, 2.24) is 5.32 Å². The molecule has 0 amide bonds. The van der Waals surface area contributed by atoms with E-state index < -0.39 is 12.1 Å². The van der Waals surface area contributed by atoms with Crippen LogP contribution in [0.3, 0.4) is 0 Å². The number of nitrogens with one attached hydrogen (secondary N) is 1. The number of hydrogen-bond acceptors (Lipinski definition) is 3. The maximum Gasteiger partial charge on any atom is 0.344 e. The summed E-state index contributed by atoms with van der Waals surface area (Å²) in [7, 11) is 0. The highest BCUT2D eigenvalue weighted by Crippen LogP contribution is 2.29. The minimum absolute atomic E-state index is 0.436. The van der Waals surface area contributed by atoms with E-state index in [2.05, 4.69) is 21.2 Å². The van der Waals surface area contributed by atoms with E-state index in [1.807, 2.05) is 26.0 Å². The third-order valence-electron chi connectivity index (χ3n) is 2.79. The van der Waals surface area contributed by atoms with Crippen LogP contribution in [0.15, 0.2) is 16.6 Å². The molecule has 19 heavy (non-hydrogen) atoms. The SMILES string of the molecule is CCNCc1cc(Br)cc(C)c1OC(CC)C(=O)O. The number of halogens is 1. The van der Waals surface area contributed by atoms with Crippen molar-refractivity contribution in [2.75, 3.05) is 6.54 Å². The predicted molar refractivity (Wildman–Crippen MR) is 78.6 cm³/mol. The van der Waals surface area contributed by atoms with Crippen molar-refractivity contribution in [3.63, 3.8) is 0 Å². The molecule has 1 unspecified atom stereocenters. The monoisotopic (exact) mass is 329 g/mol. The molecular weight excluding hydrogens is 310 g/mol. The first-order chi connectivity index (χ1) is 8.99. The second-order valence-electron chi connectivity index (χ2n) is 4.34. The number of carboxylic acid groups (broad SMARTS) is 1. The Kier molecular flexibility index (Phi) is 6.31. The lowest BCUT2D eigenvalue weighted by Crippen LogP contribution is -2.27. The number of ether oxygens (including phenoxy) is 1. The van der Waals surface area contributed by atoms with E-state index in [9.17, 15) is 4.79 Å². The van der Waals surface area contributed by atoms with Gasteiger partial charge in [0.25, 0.3) is 0 Å². The van der Waals surface area contributed by atoms with Crippen LogP contribution in [0.2, 0.25) is 0 Å². The van der Waals surface area contributed by atoms with E-state index in [1.165, 1.54) is 0 Å². The van der Waals surface area contributed by atoms with Crippen molar-refractivity contribution >= 4 is 21.9 Å². The topological polar surface area (TPSA) is 58.6 Å². The molecule has 1 rings (SSSR count). The van der Waals surface area contributed by atoms with Crippen LogP contribution in [0.1, 0.15) is 31.4 Å². The number of rotatable bonds is 7. The molecule has 0 aliphatic rings. The molecule has 0 aromatic heterocycles. The average Bonchev–Trinajstić information content (AvgIpc) is 2.34. The van der Waals surface area contributed by atoms with Crippen molar-refractivity contribution in [3.8, 4) is 5.75 Å². The predicted octanol–water partition coefficient (Wildman–Crippen LogP) is 3.11. The van der Waals surface area contributed by atoms with Gasteiger partial charge in [0.05, 0.1) is 0 Å². The van der Waals surface area contributed by atoms with E-state index in [0.717, 1.165) is 22.1 Å². The summed E-state index contributed by atoms with van der Waals surface area (Å²) in [6.45, 7) is 7.25. The summed E-state index contributed by atoms with van der Waals surface area (Å²) in [6, 6.07) is 3.89. The zero-order chi connectivity index (χ0) is 14.4. The zero-order valence-corrected chi connectivity index (χ0v) is 13.1. The molecule has 1 aromatic rings. The molecule has 4 nitrogen and oxygen atoms in total. The summed E-state index contributed by atoms with van der Waals surface area (Å²) >= 11 is 3.45. The molecule has 0 spiro atoms. The van der Waals surface area contributed by atoms with E-state index in [0.29, 0.717) is 18.7 Å². The number of hydrogen-bond donors (Lipinski definition) is 2. The Balaban J connectivity index is 3.05. The van der Waals surface area contributed by atoms with Gasteiger partial charge in [-0.2, -0.15) is 0 Å². The second-order valence-corrected chi connectivity index (χ2v) is 5.26. The molecule has 0 saturated heterocycles. The third kappa shape index (κ3) is 4.51. The molecule has 0 aliphatic heterocycles. The first-order valence-corrected chi connectivity index (χ1v) is 7.18. The normalized spacial score (nSPS) is 12.2. The quantitative estimate of drug-likeness (QED) is 0.807. The number of aryl methyl sites for hydroxylation is 1. The van der Waals surface area contributed by atoms with Gasteiger partial charge in [-0.05, 0) is 37.6 Å². The summed E-state index contributed by atoms with van der Waals surface area (Å²) < 4.78 is 6.64. The summed E-state index contributed by atoms with van der Waals surface area (Å²) in [5.41, 5.74) is 1.90. The van der Waals surface area contributed by atoms with Crippen molar-refractivity contribution < 1.29 is 14.6 Å². The lowest BCUT2D eigenvalue weighted by atomic mass is 10.1. The largest absolute Gasteiger partial charge is 0.479 e. The van der Waals surface area contributed by atoms with Crippen molar-refractivity contribution in [3.05, 3.63) is 27.7 Å². The highest BCUT2D eigenvalue weighted by molar-refractivity contribution is 9.10. The molecule has 1 aromatic carbocycles. The molecule has 5 heteroatoms. The third-order valence-corrected chi connectivity index (χ3v) is 3.25. The van der Waals surface area contributed by atoms with Crippen LogP contribution in [-0.2, 0) is 11.3 Å². The molecule has 0 heterocycles. The molecule has 106 valence electrons. The fourth-order valence-corrected chi connectivity index (χ4v) is 2.43. The van der Waals surface area contributed by atoms with Gasteiger partial charge in [-0.15, -0.1) is 0 Å². The van der Waals surface area contributed by atoms with Crippen LogP contribution >= 0.6 is 15.9 Å². The molecule has 0 saturated carbocycles. The van der Waals surface area contributed by atoms with Gasteiger partial charge in [-0.1, -0.05) is 29.8 Å². The van der Waals surface area contributed by atoms with Gasteiger partial charge < -0.3 is 15.2 Å². The fraction of sp³-hybridized carbons (Fsp3) is 0.500. The van der Waals surface area contributed by atoms with Gasteiger partial charge in [0, 0.05) is 16.6 Å². The fourth-order valence-electron chi connectivity index (χ4n) is 1.81. The number of benzene rings is 1. The van der Waals surface area contributed by atoms with Gasteiger partial charge in [-0.3, -0.25) is 0 Å². The zero-order valence-electron chi connectivity index (χ0n) is 11.5. The van der Waals surface area contributed by atoms with Gasteiger partial charge in [0.1, 0.15) is 5.75 Å². The summed E-state index contributed by atoms with van der Waals surface area (Å²) in [5.74, 6) is -0.266. The van der Waals surface area contributed by atoms with Crippen molar-refractivity contribution in [2.45, 2.75) is 39.8 Å². The molecule has 0 aliphatic carbocycles. The van der Waals surface area contributed by atoms with E-state index in [-0.39, 0.29) is 0 Å². The summed E-state index contributed by atoms with van der Waals surface area (Å²) in [4.78, 5) is 11.1. The molecule has 0 fully saturated rings. The van der Waals surface area contributed by atoms with E-state index in [4.69, 9.17) is 9.84 Å².